The maximum Gasteiger partial charge on any atom is 0.169 e. The van der Waals surface area contributed by atoms with Crippen LogP contribution in [0.3, 0.4) is 0 Å². The zero-order valence-corrected chi connectivity index (χ0v) is 12.5. The van der Waals surface area contributed by atoms with Gasteiger partial charge < -0.3 is 4.42 Å². The number of hydrogen-bond acceptors (Lipinski definition) is 3. The van der Waals surface area contributed by atoms with Gasteiger partial charge in [-0.15, -0.1) is 0 Å². The van der Waals surface area contributed by atoms with Gasteiger partial charge in [0.2, 0.25) is 0 Å². The van der Waals surface area contributed by atoms with E-state index in [9.17, 15) is 4.39 Å². The molecule has 0 amide bonds. The first-order chi connectivity index (χ1) is 8.60. The fourth-order valence-corrected chi connectivity index (χ4v) is 2.32. The SMILES string of the molecule is NNC(Cc1ccc(Br)cc1F)c1ccc(Br)o1. The summed E-state index contributed by atoms with van der Waals surface area (Å²) in [5, 5.41) is 0. The van der Waals surface area contributed by atoms with Crippen molar-refractivity contribution in [2.75, 3.05) is 0 Å². The lowest BCUT2D eigenvalue weighted by molar-refractivity contribution is 0.401. The average Bonchev–Trinajstić information content (AvgIpc) is 2.75. The molecule has 0 bridgehead atoms. The zero-order chi connectivity index (χ0) is 13.1. The fraction of sp³-hybridized carbons (Fsp3) is 0.167. The molecule has 0 spiro atoms. The molecular weight excluding hydrogens is 367 g/mol. The number of halogens is 3. The van der Waals surface area contributed by atoms with Gasteiger partial charge in [0.1, 0.15) is 11.6 Å². The van der Waals surface area contributed by atoms with Crippen LogP contribution < -0.4 is 11.3 Å². The third-order valence-electron chi connectivity index (χ3n) is 2.58. The van der Waals surface area contributed by atoms with Crippen molar-refractivity contribution in [2.24, 2.45) is 5.84 Å². The summed E-state index contributed by atoms with van der Waals surface area (Å²) < 4.78 is 20.5. The Labute approximate surface area is 121 Å². The summed E-state index contributed by atoms with van der Waals surface area (Å²) in [5.41, 5.74) is 3.21. The number of nitrogens with one attached hydrogen (secondary N) is 1. The standard InChI is InChI=1S/C12H11Br2FN2O/c13-8-2-1-7(9(15)6-8)5-10(17-16)11-3-4-12(14)18-11/h1-4,6,10,17H,5,16H2. The van der Waals surface area contributed by atoms with E-state index in [0.29, 0.717) is 26.9 Å². The molecule has 0 aliphatic rings. The van der Waals surface area contributed by atoms with Crippen LogP contribution in [0.1, 0.15) is 17.4 Å². The molecule has 0 fully saturated rings. The quantitative estimate of drug-likeness (QED) is 0.631. The Kier molecular flexibility index (Phi) is 4.55. The van der Waals surface area contributed by atoms with Crippen molar-refractivity contribution < 1.29 is 8.81 Å². The van der Waals surface area contributed by atoms with Crippen LogP contribution in [0.2, 0.25) is 0 Å². The molecule has 1 aromatic heterocycles. The Morgan fingerprint density at radius 1 is 1.28 bits per heavy atom. The number of benzene rings is 1. The smallest absolute Gasteiger partial charge is 0.169 e. The molecule has 0 saturated carbocycles. The molecule has 96 valence electrons. The Morgan fingerprint density at radius 2 is 2.06 bits per heavy atom. The summed E-state index contributed by atoms with van der Waals surface area (Å²) >= 11 is 6.45. The molecule has 0 aliphatic carbocycles. The second-order valence-electron chi connectivity index (χ2n) is 3.80. The molecule has 1 atom stereocenters. The number of hydrazine groups is 1. The largest absolute Gasteiger partial charge is 0.453 e. The van der Waals surface area contributed by atoms with Crippen molar-refractivity contribution in [3.63, 3.8) is 0 Å². The number of hydrogen-bond donors (Lipinski definition) is 2. The predicted octanol–water partition coefficient (Wildman–Crippen LogP) is 3.69. The third-order valence-corrected chi connectivity index (χ3v) is 3.50. The lowest BCUT2D eigenvalue weighted by atomic mass is 10.0. The van der Waals surface area contributed by atoms with Gasteiger partial charge in [-0.2, -0.15) is 0 Å². The summed E-state index contributed by atoms with van der Waals surface area (Å²) in [7, 11) is 0. The van der Waals surface area contributed by atoms with Gasteiger partial charge in [-0.05, 0) is 52.2 Å². The molecule has 0 radical (unpaired) electrons. The summed E-state index contributed by atoms with van der Waals surface area (Å²) in [6.07, 6.45) is 0.412. The first-order valence-corrected chi connectivity index (χ1v) is 6.84. The van der Waals surface area contributed by atoms with Gasteiger partial charge in [-0.3, -0.25) is 5.84 Å². The Bertz CT molecular complexity index is 545. The van der Waals surface area contributed by atoms with Crippen molar-refractivity contribution in [2.45, 2.75) is 12.5 Å². The van der Waals surface area contributed by atoms with Crippen LogP contribution in [-0.4, -0.2) is 0 Å². The molecule has 3 nitrogen and oxygen atoms in total. The summed E-state index contributed by atoms with van der Waals surface area (Å²) in [6.45, 7) is 0. The average molecular weight is 378 g/mol. The van der Waals surface area contributed by atoms with Crippen LogP contribution in [0.25, 0.3) is 0 Å². The highest BCUT2D eigenvalue weighted by Crippen LogP contribution is 2.25. The van der Waals surface area contributed by atoms with E-state index in [-0.39, 0.29) is 11.9 Å². The number of nitrogens with two attached hydrogens (primary N) is 1. The van der Waals surface area contributed by atoms with E-state index in [0.717, 1.165) is 0 Å². The van der Waals surface area contributed by atoms with E-state index >= 15 is 0 Å². The van der Waals surface area contributed by atoms with Gasteiger partial charge in [0.25, 0.3) is 0 Å². The first-order valence-electron chi connectivity index (χ1n) is 5.25. The zero-order valence-electron chi connectivity index (χ0n) is 9.29. The molecule has 18 heavy (non-hydrogen) atoms. The van der Waals surface area contributed by atoms with Crippen molar-refractivity contribution >= 4 is 31.9 Å². The summed E-state index contributed by atoms with van der Waals surface area (Å²) in [4.78, 5) is 0. The predicted molar refractivity (Wildman–Crippen MR) is 74.3 cm³/mol. The van der Waals surface area contributed by atoms with Crippen molar-refractivity contribution in [1.29, 1.82) is 0 Å². The molecule has 0 saturated heterocycles. The Balaban J connectivity index is 2.20. The molecule has 1 unspecified atom stereocenters. The molecular formula is C12H11Br2FN2O. The number of furan rings is 1. The van der Waals surface area contributed by atoms with Gasteiger partial charge in [0.05, 0.1) is 6.04 Å². The van der Waals surface area contributed by atoms with E-state index in [1.165, 1.54) is 6.07 Å². The Hall–Kier alpha value is -0.690. The van der Waals surface area contributed by atoms with Gasteiger partial charge in [0, 0.05) is 4.47 Å². The van der Waals surface area contributed by atoms with Crippen molar-refractivity contribution in [3.05, 3.63) is 56.6 Å². The molecule has 2 rings (SSSR count). The lowest BCUT2D eigenvalue weighted by Crippen LogP contribution is -2.29. The van der Waals surface area contributed by atoms with Crippen LogP contribution in [0.4, 0.5) is 4.39 Å². The second kappa shape index (κ2) is 5.97. The minimum Gasteiger partial charge on any atom is -0.453 e. The third kappa shape index (κ3) is 3.20. The lowest BCUT2D eigenvalue weighted by Gasteiger charge is -2.14. The highest BCUT2D eigenvalue weighted by atomic mass is 79.9. The van der Waals surface area contributed by atoms with Crippen LogP contribution in [0.5, 0.6) is 0 Å². The normalized spacial score (nSPS) is 12.7. The molecule has 1 heterocycles. The fourth-order valence-electron chi connectivity index (χ4n) is 1.66. The molecule has 0 aliphatic heterocycles. The van der Waals surface area contributed by atoms with Crippen LogP contribution in [-0.2, 0) is 6.42 Å². The highest BCUT2D eigenvalue weighted by molar-refractivity contribution is 9.10. The van der Waals surface area contributed by atoms with Crippen LogP contribution >= 0.6 is 31.9 Å². The summed E-state index contributed by atoms with van der Waals surface area (Å²) in [6, 6.07) is 8.25. The maximum atomic E-state index is 13.7. The monoisotopic (exact) mass is 376 g/mol. The highest BCUT2D eigenvalue weighted by Gasteiger charge is 2.16. The van der Waals surface area contributed by atoms with E-state index < -0.39 is 0 Å². The minimum atomic E-state index is -0.271. The van der Waals surface area contributed by atoms with Gasteiger partial charge in [-0.25, -0.2) is 9.82 Å². The Morgan fingerprint density at radius 3 is 2.61 bits per heavy atom. The topological polar surface area (TPSA) is 51.2 Å². The maximum absolute atomic E-state index is 13.7. The van der Waals surface area contributed by atoms with E-state index in [1.807, 2.05) is 0 Å². The van der Waals surface area contributed by atoms with Gasteiger partial charge >= 0.3 is 0 Å². The molecule has 6 heteroatoms. The minimum absolute atomic E-state index is 0.268. The van der Waals surface area contributed by atoms with Crippen molar-refractivity contribution in [1.82, 2.24) is 5.43 Å². The van der Waals surface area contributed by atoms with Gasteiger partial charge in [0.15, 0.2) is 4.67 Å². The van der Waals surface area contributed by atoms with Crippen LogP contribution in [0, 0.1) is 5.82 Å². The van der Waals surface area contributed by atoms with Gasteiger partial charge in [-0.1, -0.05) is 22.0 Å². The molecule has 3 N–H and O–H groups in total. The molecule has 2 aromatic rings. The number of rotatable bonds is 4. The van der Waals surface area contributed by atoms with E-state index in [2.05, 4.69) is 37.3 Å². The molecule has 1 aromatic carbocycles. The van der Waals surface area contributed by atoms with Crippen molar-refractivity contribution in [3.8, 4) is 0 Å². The van der Waals surface area contributed by atoms with Crippen LogP contribution in [0.15, 0.2) is 43.9 Å². The van der Waals surface area contributed by atoms with E-state index in [1.54, 1.807) is 24.3 Å². The first kappa shape index (κ1) is 13.7. The summed E-state index contributed by atoms with van der Waals surface area (Å²) in [5.74, 6) is 5.88. The van der Waals surface area contributed by atoms with E-state index in [4.69, 9.17) is 10.3 Å². The second-order valence-corrected chi connectivity index (χ2v) is 5.50.